The lowest BCUT2D eigenvalue weighted by atomic mass is 10.0. The number of aromatic nitrogens is 1. The molecular weight excluding hydrogens is 306 g/mol. The molecule has 122 valence electrons. The number of aliphatic hydroxyl groups excluding tert-OH is 1. The number of hydrogen-bond acceptors (Lipinski definition) is 5. The second-order valence-electron chi connectivity index (χ2n) is 5.68. The Morgan fingerprint density at radius 3 is 3.00 bits per heavy atom. The van der Waals surface area contributed by atoms with Crippen molar-refractivity contribution >= 4 is 5.91 Å². The number of rotatable bonds is 3. The van der Waals surface area contributed by atoms with Crippen molar-refractivity contribution in [3.05, 3.63) is 59.4 Å². The standard InChI is InChI=1S/C18H17N3O3/c1-24-16-4-2-3-12(8-16)17-9-15(22)11-21(17)18(23)13-5-6-20-14(7-13)10-19/h2-8,15,17,22H,9,11H2,1H3/t15-,17-/m0/s1. The largest absolute Gasteiger partial charge is 0.497 e. The molecule has 24 heavy (non-hydrogen) atoms. The minimum absolute atomic E-state index is 0.193. The minimum Gasteiger partial charge on any atom is -0.497 e. The van der Waals surface area contributed by atoms with Gasteiger partial charge in [-0.05, 0) is 36.2 Å². The van der Waals surface area contributed by atoms with E-state index in [0.29, 0.717) is 17.7 Å². The smallest absolute Gasteiger partial charge is 0.254 e. The first-order valence-corrected chi connectivity index (χ1v) is 7.61. The Morgan fingerprint density at radius 1 is 1.42 bits per heavy atom. The molecule has 1 saturated heterocycles. The van der Waals surface area contributed by atoms with Crippen molar-refractivity contribution in [3.8, 4) is 11.8 Å². The van der Waals surface area contributed by atoms with Crippen LogP contribution < -0.4 is 4.74 Å². The van der Waals surface area contributed by atoms with Crippen LogP contribution >= 0.6 is 0 Å². The molecule has 0 radical (unpaired) electrons. The summed E-state index contributed by atoms with van der Waals surface area (Å²) in [7, 11) is 1.59. The highest BCUT2D eigenvalue weighted by molar-refractivity contribution is 5.95. The summed E-state index contributed by atoms with van der Waals surface area (Å²) in [4.78, 5) is 18.4. The number of likely N-dealkylation sites (tertiary alicyclic amines) is 1. The van der Waals surface area contributed by atoms with Gasteiger partial charge in [-0.2, -0.15) is 5.26 Å². The van der Waals surface area contributed by atoms with Gasteiger partial charge in [0.2, 0.25) is 0 Å². The van der Waals surface area contributed by atoms with Crippen molar-refractivity contribution in [1.29, 1.82) is 5.26 Å². The van der Waals surface area contributed by atoms with Gasteiger partial charge in [-0.15, -0.1) is 0 Å². The van der Waals surface area contributed by atoms with Crippen LogP contribution in [0.15, 0.2) is 42.6 Å². The predicted octanol–water partition coefficient (Wildman–Crippen LogP) is 1.91. The molecule has 0 bridgehead atoms. The van der Waals surface area contributed by atoms with Gasteiger partial charge in [0, 0.05) is 18.3 Å². The number of benzene rings is 1. The molecule has 6 heteroatoms. The Labute approximate surface area is 139 Å². The number of ether oxygens (including phenoxy) is 1. The maximum absolute atomic E-state index is 12.8. The topological polar surface area (TPSA) is 86.5 Å². The first-order valence-electron chi connectivity index (χ1n) is 7.61. The van der Waals surface area contributed by atoms with E-state index in [4.69, 9.17) is 10.00 Å². The molecule has 1 aromatic heterocycles. The van der Waals surface area contributed by atoms with Gasteiger partial charge in [-0.3, -0.25) is 4.79 Å². The summed E-state index contributed by atoms with van der Waals surface area (Å²) in [6.07, 6.45) is 1.33. The Kier molecular flexibility index (Phi) is 4.45. The molecule has 1 amide bonds. The molecule has 1 aromatic carbocycles. The van der Waals surface area contributed by atoms with Gasteiger partial charge in [0.15, 0.2) is 0 Å². The second-order valence-corrected chi connectivity index (χ2v) is 5.68. The van der Waals surface area contributed by atoms with Gasteiger partial charge in [0.25, 0.3) is 5.91 Å². The minimum atomic E-state index is -0.581. The molecule has 0 aliphatic carbocycles. The number of aliphatic hydroxyl groups is 1. The lowest BCUT2D eigenvalue weighted by molar-refractivity contribution is 0.0715. The van der Waals surface area contributed by atoms with E-state index < -0.39 is 6.10 Å². The van der Waals surface area contributed by atoms with Crippen LogP contribution in [0, 0.1) is 11.3 Å². The van der Waals surface area contributed by atoms with Crippen LogP contribution in [-0.2, 0) is 0 Å². The summed E-state index contributed by atoms with van der Waals surface area (Å²) in [6.45, 7) is 0.255. The summed E-state index contributed by atoms with van der Waals surface area (Å²) in [6, 6.07) is 12.2. The maximum Gasteiger partial charge on any atom is 0.254 e. The van der Waals surface area contributed by atoms with Crippen LogP contribution in [0.1, 0.15) is 34.1 Å². The van der Waals surface area contributed by atoms with Gasteiger partial charge in [-0.1, -0.05) is 12.1 Å². The molecule has 0 saturated carbocycles. The van der Waals surface area contributed by atoms with Crippen LogP contribution in [0.3, 0.4) is 0 Å². The summed E-state index contributed by atoms with van der Waals surface area (Å²) in [5.74, 6) is 0.482. The molecule has 1 fully saturated rings. The number of pyridine rings is 1. The summed E-state index contributed by atoms with van der Waals surface area (Å²) >= 11 is 0. The van der Waals surface area contributed by atoms with Crippen molar-refractivity contribution in [2.45, 2.75) is 18.6 Å². The molecule has 2 aromatic rings. The number of nitrogens with zero attached hydrogens (tertiary/aromatic N) is 3. The number of hydrogen-bond donors (Lipinski definition) is 1. The molecule has 0 unspecified atom stereocenters. The highest BCUT2D eigenvalue weighted by Crippen LogP contribution is 2.34. The number of amides is 1. The fourth-order valence-corrected chi connectivity index (χ4v) is 2.99. The molecule has 1 N–H and O–H groups in total. The normalized spacial score (nSPS) is 19.8. The summed E-state index contributed by atoms with van der Waals surface area (Å²) < 4.78 is 5.24. The van der Waals surface area contributed by atoms with Crippen LogP contribution in [0.25, 0.3) is 0 Å². The summed E-state index contributed by atoms with van der Waals surface area (Å²) in [5.41, 5.74) is 1.50. The van der Waals surface area contributed by atoms with Crippen LogP contribution in [0.5, 0.6) is 5.75 Å². The van der Waals surface area contributed by atoms with Gasteiger partial charge >= 0.3 is 0 Å². The van der Waals surface area contributed by atoms with E-state index in [1.165, 1.54) is 12.3 Å². The lowest BCUT2D eigenvalue weighted by Gasteiger charge is -2.25. The Morgan fingerprint density at radius 2 is 2.25 bits per heavy atom. The first kappa shape index (κ1) is 16.0. The van der Waals surface area contributed by atoms with Crippen molar-refractivity contribution < 1.29 is 14.6 Å². The number of carbonyl (C=O) groups is 1. The molecule has 3 rings (SSSR count). The average molecular weight is 323 g/mol. The Hall–Kier alpha value is -2.91. The third kappa shape index (κ3) is 3.07. The number of nitriles is 1. The van der Waals surface area contributed by atoms with Gasteiger partial charge in [0.1, 0.15) is 17.5 Å². The number of methoxy groups -OCH3 is 1. The molecule has 0 spiro atoms. The van der Waals surface area contributed by atoms with E-state index in [9.17, 15) is 9.90 Å². The maximum atomic E-state index is 12.8. The van der Waals surface area contributed by atoms with E-state index >= 15 is 0 Å². The summed E-state index contributed by atoms with van der Waals surface area (Å²) in [5, 5.41) is 19.0. The molecular formula is C18H17N3O3. The molecule has 2 atom stereocenters. The zero-order valence-corrected chi connectivity index (χ0v) is 13.2. The van der Waals surface area contributed by atoms with E-state index in [0.717, 1.165) is 5.56 Å². The van der Waals surface area contributed by atoms with E-state index in [1.54, 1.807) is 18.1 Å². The van der Waals surface area contributed by atoms with Gasteiger partial charge in [0.05, 0.1) is 19.3 Å². The monoisotopic (exact) mass is 323 g/mol. The van der Waals surface area contributed by atoms with Crippen molar-refractivity contribution in [3.63, 3.8) is 0 Å². The van der Waals surface area contributed by atoms with Crippen molar-refractivity contribution in [2.75, 3.05) is 13.7 Å². The van der Waals surface area contributed by atoms with E-state index in [1.807, 2.05) is 30.3 Å². The fourth-order valence-electron chi connectivity index (χ4n) is 2.99. The SMILES string of the molecule is COc1cccc([C@@H]2C[C@H](O)CN2C(=O)c2ccnc(C#N)c2)c1. The fraction of sp³-hybridized carbons (Fsp3) is 0.278. The van der Waals surface area contributed by atoms with Crippen molar-refractivity contribution in [1.82, 2.24) is 9.88 Å². The Bertz CT molecular complexity index is 800. The van der Waals surface area contributed by atoms with E-state index in [-0.39, 0.29) is 24.2 Å². The quantitative estimate of drug-likeness (QED) is 0.932. The third-order valence-corrected chi connectivity index (χ3v) is 4.14. The van der Waals surface area contributed by atoms with Crippen LogP contribution in [0.2, 0.25) is 0 Å². The number of β-amino-alcohol motifs (C(OH)–C–C–N with tert-alkyl or cyclic N) is 1. The van der Waals surface area contributed by atoms with Gasteiger partial charge < -0.3 is 14.7 Å². The molecule has 6 nitrogen and oxygen atoms in total. The highest BCUT2D eigenvalue weighted by Gasteiger charge is 2.36. The van der Waals surface area contributed by atoms with Crippen LogP contribution in [-0.4, -0.2) is 40.7 Å². The van der Waals surface area contributed by atoms with Crippen LogP contribution in [0.4, 0.5) is 0 Å². The first-order chi connectivity index (χ1) is 11.6. The highest BCUT2D eigenvalue weighted by atomic mass is 16.5. The zero-order valence-electron chi connectivity index (χ0n) is 13.2. The third-order valence-electron chi connectivity index (χ3n) is 4.14. The van der Waals surface area contributed by atoms with Crippen molar-refractivity contribution in [2.24, 2.45) is 0 Å². The second kappa shape index (κ2) is 6.69. The zero-order chi connectivity index (χ0) is 17.1. The number of carbonyl (C=O) groups excluding carboxylic acids is 1. The van der Waals surface area contributed by atoms with Gasteiger partial charge in [-0.25, -0.2) is 4.98 Å². The van der Waals surface area contributed by atoms with E-state index in [2.05, 4.69) is 4.98 Å². The molecule has 1 aliphatic rings. The lowest BCUT2D eigenvalue weighted by Crippen LogP contribution is -2.31. The molecule has 1 aliphatic heterocycles. The Balaban J connectivity index is 1.92. The predicted molar refractivity (Wildman–Crippen MR) is 86.3 cm³/mol. The molecule has 2 heterocycles. The average Bonchev–Trinajstić information content (AvgIpc) is 3.03.